The number of hydrogen-bond acceptors (Lipinski definition) is 4. The molecule has 0 bridgehead atoms. The molecule has 0 radical (unpaired) electrons. The highest BCUT2D eigenvalue weighted by molar-refractivity contribution is 8.13. The van der Waals surface area contributed by atoms with Crippen molar-refractivity contribution < 1.29 is 13.9 Å². The first-order chi connectivity index (χ1) is 8.13. The summed E-state index contributed by atoms with van der Waals surface area (Å²) in [4.78, 5) is 22.3. The number of halogens is 1. The van der Waals surface area contributed by atoms with E-state index in [1.54, 1.807) is 0 Å². The second-order valence-electron chi connectivity index (χ2n) is 3.59. The number of hydrogen-bond donors (Lipinski definition) is 0. The van der Waals surface area contributed by atoms with Gasteiger partial charge in [-0.3, -0.25) is 9.59 Å². The number of rotatable bonds is 5. The van der Waals surface area contributed by atoms with E-state index in [1.165, 1.54) is 6.92 Å². The maximum absolute atomic E-state index is 11.5. The summed E-state index contributed by atoms with van der Waals surface area (Å²) in [5.74, 6) is -0.511. The van der Waals surface area contributed by atoms with Crippen molar-refractivity contribution in [1.82, 2.24) is 0 Å². The molecule has 0 aliphatic carbocycles. The van der Waals surface area contributed by atoms with Crippen molar-refractivity contribution in [1.29, 1.82) is 0 Å². The Morgan fingerprint density at radius 3 is 2.53 bits per heavy atom. The van der Waals surface area contributed by atoms with Crippen LogP contribution in [0.25, 0.3) is 0 Å². The van der Waals surface area contributed by atoms with E-state index in [-0.39, 0.29) is 5.12 Å². The minimum absolute atomic E-state index is 0.0227. The van der Waals surface area contributed by atoms with E-state index in [0.717, 1.165) is 17.3 Å². The van der Waals surface area contributed by atoms with Gasteiger partial charge in [-0.15, -0.1) is 0 Å². The predicted octanol–water partition coefficient (Wildman–Crippen LogP) is 2.82. The molecule has 0 heterocycles. The number of benzene rings is 1. The lowest BCUT2D eigenvalue weighted by atomic mass is 10.0. The molecule has 5 heteroatoms. The van der Waals surface area contributed by atoms with Gasteiger partial charge in [0.2, 0.25) is 0 Å². The third-order valence-electron chi connectivity index (χ3n) is 2.22. The Bertz CT molecular complexity index is 381. The second-order valence-corrected chi connectivity index (χ2v) is 4.94. The second kappa shape index (κ2) is 7.35. The summed E-state index contributed by atoms with van der Waals surface area (Å²) in [5.41, 5.74) is 1.02. The van der Waals surface area contributed by atoms with E-state index in [0.29, 0.717) is 12.2 Å². The van der Waals surface area contributed by atoms with Crippen LogP contribution in [-0.4, -0.2) is 16.8 Å². The zero-order valence-electron chi connectivity index (χ0n) is 9.39. The quantitative estimate of drug-likeness (QED) is 0.827. The molecule has 0 aromatic heterocycles. The van der Waals surface area contributed by atoms with Crippen LogP contribution >= 0.6 is 23.6 Å². The molecular weight excluding hydrogens is 260 g/mol. The van der Waals surface area contributed by atoms with Gasteiger partial charge >= 0.3 is 5.97 Å². The summed E-state index contributed by atoms with van der Waals surface area (Å²) in [5, 5.41) is -0.0227. The molecule has 0 N–H and O–H groups in total. The summed E-state index contributed by atoms with van der Waals surface area (Å²) in [6.45, 7) is 1.47. The molecule has 0 aliphatic heterocycles. The topological polar surface area (TPSA) is 43.4 Å². The van der Waals surface area contributed by atoms with Gasteiger partial charge in [-0.25, -0.2) is 0 Å². The Hall–Kier alpha value is -1.00. The van der Waals surface area contributed by atoms with E-state index in [9.17, 15) is 9.59 Å². The molecule has 0 saturated carbocycles. The molecule has 3 nitrogen and oxygen atoms in total. The van der Waals surface area contributed by atoms with Gasteiger partial charge in [0.1, 0.15) is 11.9 Å². The zero-order valence-corrected chi connectivity index (χ0v) is 11.0. The maximum Gasteiger partial charge on any atom is 0.328 e. The van der Waals surface area contributed by atoms with Gasteiger partial charge in [-0.05, 0) is 12.0 Å². The van der Waals surface area contributed by atoms with Crippen LogP contribution in [0, 0.1) is 5.92 Å². The van der Waals surface area contributed by atoms with Crippen molar-refractivity contribution in [3.8, 4) is 0 Å². The Balaban J connectivity index is 2.63. The van der Waals surface area contributed by atoms with Crippen LogP contribution < -0.4 is 0 Å². The fourth-order valence-corrected chi connectivity index (χ4v) is 2.21. The predicted molar refractivity (Wildman–Crippen MR) is 68.7 cm³/mol. The summed E-state index contributed by atoms with van der Waals surface area (Å²) < 4.78 is 4.23. The lowest BCUT2D eigenvalue weighted by molar-refractivity contribution is -0.137. The lowest BCUT2D eigenvalue weighted by Gasteiger charge is -2.12. The molecule has 0 aliphatic rings. The van der Waals surface area contributed by atoms with E-state index in [1.807, 2.05) is 30.3 Å². The van der Waals surface area contributed by atoms with Crippen LogP contribution in [0.3, 0.4) is 0 Å². The van der Waals surface area contributed by atoms with E-state index in [4.69, 9.17) is 11.9 Å². The van der Waals surface area contributed by atoms with Crippen LogP contribution in [0.5, 0.6) is 0 Å². The third kappa shape index (κ3) is 5.24. The summed E-state index contributed by atoms with van der Waals surface area (Å²) in [7, 11) is 0. The first-order valence-corrected chi connectivity index (χ1v) is 6.42. The van der Waals surface area contributed by atoms with E-state index < -0.39 is 11.9 Å². The molecular formula is C12H13ClO3S. The molecule has 1 aromatic carbocycles. The first kappa shape index (κ1) is 14.1. The maximum atomic E-state index is 11.5. The molecule has 1 rings (SSSR count). The molecule has 0 fully saturated rings. The fourth-order valence-electron chi connectivity index (χ4n) is 1.39. The third-order valence-corrected chi connectivity index (χ3v) is 3.35. The van der Waals surface area contributed by atoms with Gasteiger partial charge in [0, 0.05) is 12.7 Å². The monoisotopic (exact) mass is 272 g/mol. The highest BCUT2D eigenvalue weighted by Crippen LogP contribution is 2.17. The van der Waals surface area contributed by atoms with E-state index >= 15 is 0 Å². The molecule has 0 saturated heterocycles. The molecule has 17 heavy (non-hydrogen) atoms. The molecule has 92 valence electrons. The summed E-state index contributed by atoms with van der Waals surface area (Å²) in [6, 6.07) is 9.55. The van der Waals surface area contributed by atoms with Crippen LogP contribution in [0.2, 0.25) is 0 Å². The molecule has 1 aromatic rings. The van der Waals surface area contributed by atoms with Gasteiger partial charge in [-0.1, -0.05) is 42.1 Å². The van der Waals surface area contributed by atoms with Crippen molar-refractivity contribution in [2.45, 2.75) is 13.3 Å². The van der Waals surface area contributed by atoms with Crippen LogP contribution in [0.15, 0.2) is 30.3 Å². The number of carbonyl (C=O) groups is 2. The van der Waals surface area contributed by atoms with Crippen molar-refractivity contribution >= 4 is 34.7 Å². The first-order valence-electron chi connectivity index (χ1n) is 5.13. The standard InChI is InChI=1S/C12H13ClO3S/c1-9(14)17-8-11(12(15)16-13)7-10-5-3-2-4-6-10/h2-6,11H,7-8H2,1H3/t11-/m1/s1. The summed E-state index contributed by atoms with van der Waals surface area (Å²) in [6.07, 6.45) is 0.521. The van der Waals surface area contributed by atoms with Gasteiger partial charge in [0.15, 0.2) is 5.12 Å². The van der Waals surface area contributed by atoms with Crippen LogP contribution in [0.1, 0.15) is 12.5 Å². The number of carbonyl (C=O) groups excluding carboxylic acids is 2. The fraction of sp³-hybridized carbons (Fsp3) is 0.333. The van der Waals surface area contributed by atoms with Crippen molar-refractivity contribution in [3.63, 3.8) is 0 Å². The average Bonchev–Trinajstić information content (AvgIpc) is 2.34. The van der Waals surface area contributed by atoms with Crippen molar-refractivity contribution in [2.24, 2.45) is 5.92 Å². The van der Waals surface area contributed by atoms with Crippen LogP contribution in [-0.2, 0) is 20.3 Å². The Kier molecular flexibility index (Phi) is 6.08. The zero-order chi connectivity index (χ0) is 12.7. The smallest absolute Gasteiger partial charge is 0.328 e. The van der Waals surface area contributed by atoms with E-state index in [2.05, 4.69) is 4.29 Å². The molecule has 0 unspecified atom stereocenters. The molecule has 0 amide bonds. The Morgan fingerprint density at radius 2 is 2.00 bits per heavy atom. The highest BCUT2D eigenvalue weighted by Gasteiger charge is 2.21. The summed E-state index contributed by atoms with van der Waals surface area (Å²) >= 11 is 6.19. The normalized spacial score (nSPS) is 11.9. The molecule has 0 spiro atoms. The Labute approximate surface area is 110 Å². The minimum Gasteiger partial charge on any atom is -0.347 e. The van der Waals surface area contributed by atoms with Crippen molar-refractivity contribution in [3.05, 3.63) is 35.9 Å². The van der Waals surface area contributed by atoms with Gasteiger partial charge in [0.05, 0.1) is 5.92 Å². The molecule has 1 atom stereocenters. The largest absolute Gasteiger partial charge is 0.347 e. The van der Waals surface area contributed by atoms with Gasteiger partial charge in [0.25, 0.3) is 0 Å². The minimum atomic E-state index is -0.496. The SMILES string of the molecule is CC(=O)SC[C@@H](Cc1ccccc1)C(=O)OCl. The average molecular weight is 273 g/mol. The van der Waals surface area contributed by atoms with Gasteiger partial charge in [-0.2, -0.15) is 0 Å². The Morgan fingerprint density at radius 1 is 1.35 bits per heavy atom. The highest BCUT2D eigenvalue weighted by atomic mass is 35.5. The lowest BCUT2D eigenvalue weighted by Crippen LogP contribution is -2.20. The van der Waals surface area contributed by atoms with Crippen molar-refractivity contribution in [2.75, 3.05) is 5.75 Å². The van der Waals surface area contributed by atoms with Gasteiger partial charge < -0.3 is 4.29 Å². The van der Waals surface area contributed by atoms with Crippen LogP contribution in [0.4, 0.5) is 0 Å². The number of thioether (sulfide) groups is 1.